The number of aromatic nitrogens is 2. The highest BCUT2D eigenvalue weighted by Gasteiger charge is 2.19. The van der Waals surface area contributed by atoms with Crippen LogP contribution in [0.15, 0.2) is 58.3 Å². The fourth-order valence-electron chi connectivity index (χ4n) is 3.43. The average molecular weight is 473 g/mol. The fourth-order valence-corrected chi connectivity index (χ4v) is 5.41. The number of rotatable bonds is 7. The minimum absolute atomic E-state index is 0.0858. The van der Waals surface area contributed by atoms with Crippen molar-refractivity contribution in [3.8, 4) is 10.4 Å². The molecule has 0 saturated carbocycles. The van der Waals surface area contributed by atoms with Gasteiger partial charge in [-0.3, -0.25) is 14.2 Å². The van der Waals surface area contributed by atoms with Crippen molar-refractivity contribution in [2.45, 2.75) is 12.6 Å². The quantitative estimate of drug-likeness (QED) is 0.436. The number of benzene rings is 1. The van der Waals surface area contributed by atoms with Gasteiger partial charge in [0.25, 0.3) is 5.56 Å². The Kier molecular flexibility index (Phi) is 6.52. The van der Waals surface area contributed by atoms with Gasteiger partial charge in [0.1, 0.15) is 11.4 Å². The molecule has 4 rings (SSSR count). The van der Waals surface area contributed by atoms with E-state index in [1.54, 1.807) is 11.3 Å². The van der Waals surface area contributed by atoms with E-state index in [9.17, 15) is 9.59 Å². The number of carbonyl (C=O) groups excluding carboxylic acids is 1. The fraction of sp³-hybridized carbons (Fsp3) is 0.227. The zero-order valence-electron chi connectivity index (χ0n) is 17.0. The van der Waals surface area contributed by atoms with Crippen LogP contribution < -0.4 is 10.9 Å². The molecule has 0 aliphatic carbocycles. The summed E-state index contributed by atoms with van der Waals surface area (Å²) in [6.07, 6.45) is 1.44. The third kappa shape index (κ3) is 4.57. The van der Waals surface area contributed by atoms with Gasteiger partial charge in [0.05, 0.1) is 17.8 Å². The Morgan fingerprint density at radius 3 is 2.74 bits per heavy atom. The van der Waals surface area contributed by atoms with Crippen LogP contribution in [0.25, 0.3) is 20.7 Å². The number of fused-ring (bicyclic) bond motifs is 1. The highest BCUT2D eigenvalue weighted by Crippen LogP contribution is 2.33. The Morgan fingerprint density at radius 2 is 2.03 bits per heavy atom. The lowest BCUT2D eigenvalue weighted by Gasteiger charge is -2.26. The van der Waals surface area contributed by atoms with Gasteiger partial charge in [-0.2, -0.15) is 0 Å². The van der Waals surface area contributed by atoms with E-state index in [2.05, 4.69) is 10.3 Å². The minimum Gasteiger partial charge on any atom is -0.353 e. The Morgan fingerprint density at radius 1 is 1.23 bits per heavy atom. The molecule has 6 nitrogen and oxygen atoms in total. The van der Waals surface area contributed by atoms with E-state index in [1.807, 2.05) is 66.2 Å². The number of nitrogens with one attached hydrogen (secondary N) is 1. The van der Waals surface area contributed by atoms with Crippen LogP contribution in [0, 0.1) is 0 Å². The molecule has 0 spiro atoms. The second-order valence-corrected chi connectivity index (χ2v) is 9.50. The summed E-state index contributed by atoms with van der Waals surface area (Å²) >= 11 is 9.35. The van der Waals surface area contributed by atoms with E-state index in [0.717, 1.165) is 16.0 Å². The van der Waals surface area contributed by atoms with Crippen LogP contribution in [0.5, 0.6) is 0 Å². The summed E-state index contributed by atoms with van der Waals surface area (Å²) in [6.45, 7) is 0.281. The van der Waals surface area contributed by atoms with E-state index in [4.69, 9.17) is 11.6 Å². The van der Waals surface area contributed by atoms with Crippen LogP contribution >= 0.6 is 34.3 Å². The lowest BCUT2D eigenvalue weighted by atomic mass is 10.1. The summed E-state index contributed by atoms with van der Waals surface area (Å²) < 4.78 is 1.36. The number of amides is 1. The first-order chi connectivity index (χ1) is 15.0. The minimum atomic E-state index is -0.255. The van der Waals surface area contributed by atoms with Crippen molar-refractivity contribution in [1.82, 2.24) is 19.8 Å². The van der Waals surface area contributed by atoms with Crippen molar-refractivity contribution in [3.05, 3.63) is 74.4 Å². The molecule has 1 amide bonds. The maximum Gasteiger partial charge on any atom is 0.263 e. The number of halogens is 1. The smallest absolute Gasteiger partial charge is 0.263 e. The van der Waals surface area contributed by atoms with Gasteiger partial charge < -0.3 is 10.2 Å². The summed E-state index contributed by atoms with van der Waals surface area (Å²) in [4.78, 5) is 33.8. The summed E-state index contributed by atoms with van der Waals surface area (Å²) in [7, 11) is 3.87. The predicted molar refractivity (Wildman–Crippen MR) is 128 cm³/mol. The SMILES string of the molecule is CN(C)[C@@H](CNC(=O)Cn1cnc2scc(-c3cccs3)c2c1=O)c1ccccc1Cl. The number of carbonyl (C=O) groups is 1. The van der Waals surface area contributed by atoms with Gasteiger partial charge >= 0.3 is 0 Å². The molecule has 0 aliphatic rings. The molecule has 3 heterocycles. The molecule has 160 valence electrons. The molecule has 0 radical (unpaired) electrons. The second-order valence-electron chi connectivity index (χ2n) is 7.29. The molecule has 9 heteroatoms. The molecule has 0 unspecified atom stereocenters. The highest BCUT2D eigenvalue weighted by atomic mass is 35.5. The van der Waals surface area contributed by atoms with E-state index < -0.39 is 0 Å². The van der Waals surface area contributed by atoms with Crippen molar-refractivity contribution in [1.29, 1.82) is 0 Å². The Hall–Kier alpha value is -2.52. The van der Waals surface area contributed by atoms with Crippen LogP contribution in [0.1, 0.15) is 11.6 Å². The third-order valence-electron chi connectivity index (χ3n) is 5.04. The molecule has 1 aromatic carbocycles. The molecule has 1 N–H and O–H groups in total. The second kappa shape index (κ2) is 9.32. The lowest BCUT2D eigenvalue weighted by molar-refractivity contribution is -0.121. The molecule has 0 fully saturated rings. The molecule has 31 heavy (non-hydrogen) atoms. The van der Waals surface area contributed by atoms with Crippen LogP contribution in [-0.2, 0) is 11.3 Å². The van der Waals surface area contributed by atoms with E-state index in [-0.39, 0.29) is 24.1 Å². The van der Waals surface area contributed by atoms with Gasteiger partial charge in [-0.05, 0) is 37.2 Å². The third-order valence-corrected chi connectivity index (χ3v) is 7.18. The van der Waals surface area contributed by atoms with Gasteiger partial charge in [0.15, 0.2) is 0 Å². The standard InChI is InChI=1S/C22H21ClN4O2S2/c1-26(2)17(14-6-3-4-7-16(14)23)10-24-19(28)11-27-13-25-21-20(22(27)29)15(12-31-21)18-8-5-9-30-18/h3-9,12-13,17H,10-11H2,1-2H3,(H,24,28)/t17-/m0/s1. The van der Waals surface area contributed by atoms with Gasteiger partial charge in [0.2, 0.25) is 5.91 Å². The Labute approximate surface area is 192 Å². The van der Waals surface area contributed by atoms with E-state index >= 15 is 0 Å². The van der Waals surface area contributed by atoms with E-state index in [1.165, 1.54) is 22.2 Å². The molecule has 3 aromatic heterocycles. The lowest BCUT2D eigenvalue weighted by Crippen LogP contribution is -2.38. The first kappa shape index (κ1) is 21.7. The van der Waals surface area contributed by atoms with Gasteiger partial charge in [-0.15, -0.1) is 22.7 Å². The Balaban J connectivity index is 1.52. The normalized spacial score (nSPS) is 12.4. The molecular weight excluding hydrogens is 452 g/mol. The van der Waals surface area contributed by atoms with Crippen molar-refractivity contribution in [3.63, 3.8) is 0 Å². The topological polar surface area (TPSA) is 67.2 Å². The molecule has 0 aliphatic heterocycles. The maximum atomic E-state index is 13.1. The molecule has 4 aromatic rings. The number of hydrogen-bond donors (Lipinski definition) is 1. The zero-order chi connectivity index (χ0) is 22.0. The monoisotopic (exact) mass is 472 g/mol. The number of thiophene rings is 2. The van der Waals surface area contributed by atoms with Crippen LogP contribution in [0.3, 0.4) is 0 Å². The van der Waals surface area contributed by atoms with Crippen molar-refractivity contribution >= 4 is 50.4 Å². The zero-order valence-corrected chi connectivity index (χ0v) is 19.4. The van der Waals surface area contributed by atoms with Gasteiger partial charge in [-0.1, -0.05) is 35.9 Å². The maximum absolute atomic E-state index is 13.1. The number of nitrogens with zero attached hydrogens (tertiary/aromatic N) is 3. The summed E-state index contributed by atoms with van der Waals surface area (Å²) in [6, 6.07) is 11.4. The summed E-state index contributed by atoms with van der Waals surface area (Å²) in [5, 5.41) is 8.06. The molecule has 0 saturated heterocycles. The average Bonchev–Trinajstić information content (AvgIpc) is 3.41. The van der Waals surface area contributed by atoms with Crippen LogP contribution in [-0.4, -0.2) is 41.0 Å². The first-order valence-corrected chi connectivity index (χ1v) is 11.8. The molecular formula is C22H21ClN4O2S2. The van der Waals surface area contributed by atoms with Gasteiger partial charge in [-0.25, -0.2) is 4.98 Å². The first-order valence-electron chi connectivity index (χ1n) is 9.63. The molecule has 0 bridgehead atoms. The number of likely N-dealkylation sites (N-methyl/N-ethyl adjacent to an activating group) is 1. The van der Waals surface area contributed by atoms with Crippen LogP contribution in [0.2, 0.25) is 5.02 Å². The summed E-state index contributed by atoms with van der Waals surface area (Å²) in [5.74, 6) is -0.255. The highest BCUT2D eigenvalue weighted by molar-refractivity contribution is 7.18. The van der Waals surface area contributed by atoms with Gasteiger partial charge in [0, 0.05) is 27.4 Å². The predicted octanol–water partition coefficient (Wildman–Crippen LogP) is 4.26. The van der Waals surface area contributed by atoms with Crippen LogP contribution in [0.4, 0.5) is 0 Å². The van der Waals surface area contributed by atoms with Crippen molar-refractivity contribution in [2.24, 2.45) is 0 Å². The number of hydrogen-bond acceptors (Lipinski definition) is 6. The van der Waals surface area contributed by atoms with E-state index in [0.29, 0.717) is 21.8 Å². The van der Waals surface area contributed by atoms with Crippen molar-refractivity contribution < 1.29 is 4.79 Å². The summed E-state index contributed by atoms with van der Waals surface area (Å²) in [5.41, 5.74) is 1.60. The molecule has 1 atom stereocenters. The van der Waals surface area contributed by atoms with Crippen molar-refractivity contribution in [2.75, 3.05) is 20.6 Å². The largest absolute Gasteiger partial charge is 0.353 e. The Bertz CT molecular complexity index is 1260.